The maximum absolute atomic E-state index is 12.3. The van der Waals surface area contributed by atoms with E-state index in [0.717, 1.165) is 27.6 Å². The Labute approximate surface area is 144 Å². The van der Waals surface area contributed by atoms with E-state index in [2.05, 4.69) is 17.4 Å². The summed E-state index contributed by atoms with van der Waals surface area (Å²) in [6.45, 7) is 0. The molecule has 3 aromatic carbocycles. The van der Waals surface area contributed by atoms with Gasteiger partial charge in [0.25, 0.3) is 0 Å². The number of fused-ring (bicyclic) bond motifs is 3. The summed E-state index contributed by atoms with van der Waals surface area (Å²) in [5.41, 5.74) is 2.91. The van der Waals surface area contributed by atoms with Gasteiger partial charge in [-0.15, -0.1) is 0 Å². The standard InChI is InChI=1S/C19H13Cl2NO/c20-12-6-8-14(17(21)9-12)16-10-18(23)22-19-13-4-2-1-3-11(13)5-7-15(16)19/h1-9,16H,10H2,(H,22,23)/t16-/m0/s1. The van der Waals surface area contributed by atoms with Crippen molar-refractivity contribution in [1.82, 2.24) is 0 Å². The monoisotopic (exact) mass is 341 g/mol. The molecule has 0 saturated heterocycles. The number of carbonyl (C=O) groups excluding carboxylic acids is 1. The molecule has 1 heterocycles. The third-order valence-corrected chi connectivity index (χ3v) is 4.89. The molecule has 4 heteroatoms. The number of benzene rings is 3. The van der Waals surface area contributed by atoms with E-state index in [1.54, 1.807) is 6.07 Å². The van der Waals surface area contributed by atoms with Gasteiger partial charge in [-0.05, 0) is 28.6 Å². The van der Waals surface area contributed by atoms with E-state index < -0.39 is 0 Å². The fraction of sp³-hybridized carbons (Fsp3) is 0.105. The van der Waals surface area contributed by atoms with Crippen molar-refractivity contribution in [3.8, 4) is 0 Å². The number of anilines is 1. The number of carbonyl (C=O) groups is 1. The highest BCUT2D eigenvalue weighted by Gasteiger charge is 2.29. The topological polar surface area (TPSA) is 29.1 Å². The quantitative estimate of drug-likeness (QED) is 0.611. The van der Waals surface area contributed by atoms with E-state index in [9.17, 15) is 4.79 Å². The van der Waals surface area contributed by atoms with Gasteiger partial charge in [-0.25, -0.2) is 0 Å². The van der Waals surface area contributed by atoms with Gasteiger partial charge in [-0.2, -0.15) is 0 Å². The zero-order chi connectivity index (χ0) is 16.0. The molecule has 2 nitrogen and oxygen atoms in total. The molecular weight excluding hydrogens is 329 g/mol. The van der Waals surface area contributed by atoms with Crippen LogP contribution in [0.1, 0.15) is 23.5 Å². The Morgan fingerprint density at radius 1 is 0.957 bits per heavy atom. The van der Waals surface area contributed by atoms with Crippen LogP contribution in [0, 0.1) is 0 Å². The van der Waals surface area contributed by atoms with Crippen molar-refractivity contribution in [2.75, 3.05) is 5.32 Å². The van der Waals surface area contributed by atoms with Gasteiger partial charge < -0.3 is 5.32 Å². The van der Waals surface area contributed by atoms with Crippen LogP contribution in [0.4, 0.5) is 5.69 Å². The number of rotatable bonds is 1. The summed E-state index contributed by atoms with van der Waals surface area (Å²) in [6, 6.07) is 17.7. The molecule has 0 fully saturated rings. The Balaban J connectivity index is 1.95. The van der Waals surface area contributed by atoms with Crippen LogP contribution < -0.4 is 5.32 Å². The molecule has 114 valence electrons. The SMILES string of the molecule is O=C1C[C@@H](c2ccc(Cl)cc2Cl)c2ccc3ccccc3c2N1. The lowest BCUT2D eigenvalue weighted by Crippen LogP contribution is -2.23. The average Bonchev–Trinajstić information content (AvgIpc) is 2.54. The molecule has 1 atom stereocenters. The molecule has 0 spiro atoms. The van der Waals surface area contributed by atoms with Crippen molar-refractivity contribution in [2.24, 2.45) is 0 Å². The van der Waals surface area contributed by atoms with E-state index >= 15 is 0 Å². The second kappa shape index (κ2) is 5.55. The van der Waals surface area contributed by atoms with Gasteiger partial charge in [0.15, 0.2) is 0 Å². The minimum atomic E-state index is -0.0619. The zero-order valence-electron chi connectivity index (χ0n) is 12.1. The molecule has 4 rings (SSSR count). The maximum Gasteiger partial charge on any atom is 0.225 e. The van der Waals surface area contributed by atoms with E-state index in [1.165, 1.54) is 0 Å². The molecule has 23 heavy (non-hydrogen) atoms. The first-order valence-electron chi connectivity index (χ1n) is 7.40. The molecule has 1 amide bonds. The molecule has 3 aromatic rings. The molecule has 0 bridgehead atoms. The first-order valence-corrected chi connectivity index (χ1v) is 8.15. The van der Waals surface area contributed by atoms with Crippen LogP contribution in [0.25, 0.3) is 10.8 Å². The second-order valence-electron chi connectivity index (χ2n) is 5.72. The Morgan fingerprint density at radius 2 is 1.74 bits per heavy atom. The summed E-state index contributed by atoms with van der Waals surface area (Å²) in [5.74, 6) is -0.0574. The predicted octanol–water partition coefficient (Wildman–Crippen LogP) is 5.62. The lowest BCUT2D eigenvalue weighted by atomic mass is 9.83. The zero-order valence-corrected chi connectivity index (χ0v) is 13.7. The van der Waals surface area contributed by atoms with Gasteiger partial charge in [0.2, 0.25) is 5.91 Å². The summed E-state index contributed by atoms with van der Waals surface area (Å²) >= 11 is 12.4. The summed E-state index contributed by atoms with van der Waals surface area (Å²) in [6.07, 6.45) is 0.382. The lowest BCUT2D eigenvalue weighted by Gasteiger charge is -2.28. The van der Waals surface area contributed by atoms with Crippen molar-refractivity contribution in [1.29, 1.82) is 0 Å². The van der Waals surface area contributed by atoms with E-state index in [0.29, 0.717) is 16.5 Å². The van der Waals surface area contributed by atoms with Crippen molar-refractivity contribution in [2.45, 2.75) is 12.3 Å². The summed E-state index contributed by atoms with van der Waals surface area (Å²) in [5, 5.41) is 6.37. The Bertz CT molecular complexity index is 936. The van der Waals surface area contributed by atoms with Crippen LogP contribution in [-0.4, -0.2) is 5.91 Å². The largest absolute Gasteiger partial charge is 0.325 e. The van der Waals surface area contributed by atoms with Gasteiger partial charge in [-0.1, -0.05) is 65.7 Å². The fourth-order valence-electron chi connectivity index (χ4n) is 3.27. The van der Waals surface area contributed by atoms with Crippen LogP contribution in [0.2, 0.25) is 10.0 Å². The molecule has 1 N–H and O–H groups in total. The fourth-order valence-corrected chi connectivity index (χ4v) is 3.81. The van der Waals surface area contributed by atoms with Gasteiger partial charge >= 0.3 is 0 Å². The average molecular weight is 342 g/mol. The van der Waals surface area contributed by atoms with Crippen LogP contribution in [0.15, 0.2) is 54.6 Å². The normalized spacial score (nSPS) is 17.0. The summed E-state index contributed by atoms with van der Waals surface area (Å²) < 4.78 is 0. The van der Waals surface area contributed by atoms with Crippen molar-refractivity contribution < 1.29 is 4.79 Å². The third kappa shape index (κ3) is 2.48. The molecule has 0 aliphatic carbocycles. The number of halogens is 2. The molecule has 0 aromatic heterocycles. The van der Waals surface area contributed by atoms with Gasteiger partial charge in [-0.3, -0.25) is 4.79 Å². The Morgan fingerprint density at radius 3 is 2.57 bits per heavy atom. The highest BCUT2D eigenvalue weighted by atomic mass is 35.5. The van der Waals surface area contributed by atoms with Gasteiger partial charge in [0.05, 0.1) is 5.69 Å². The number of amides is 1. The Hall–Kier alpha value is -2.03. The lowest BCUT2D eigenvalue weighted by molar-refractivity contribution is -0.116. The van der Waals surface area contributed by atoms with Crippen molar-refractivity contribution in [3.63, 3.8) is 0 Å². The van der Waals surface area contributed by atoms with E-state index in [4.69, 9.17) is 23.2 Å². The van der Waals surface area contributed by atoms with Gasteiger partial charge in [0, 0.05) is 27.8 Å². The first-order chi connectivity index (χ1) is 11.1. The highest BCUT2D eigenvalue weighted by molar-refractivity contribution is 6.35. The van der Waals surface area contributed by atoms with Crippen LogP contribution in [0.3, 0.4) is 0 Å². The van der Waals surface area contributed by atoms with Crippen molar-refractivity contribution in [3.05, 3.63) is 75.8 Å². The van der Waals surface area contributed by atoms with E-state index in [-0.39, 0.29) is 11.8 Å². The Kier molecular flexibility index (Phi) is 3.51. The molecule has 0 radical (unpaired) electrons. The first kappa shape index (κ1) is 14.6. The minimum absolute atomic E-state index is 0.00451. The molecule has 0 unspecified atom stereocenters. The second-order valence-corrected chi connectivity index (χ2v) is 6.57. The number of hydrogen-bond acceptors (Lipinski definition) is 1. The summed E-state index contributed by atoms with van der Waals surface area (Å²) in [4.78, 5) is 12.3. The van der Waals surface area contributed by atoms with E-state index in [1.807, 2.05) is 36.4 Å². The maximum atomic E-state index is 12.3. The van der Waals surface area contributed by atoms with Crippen molar-refractivity contribution >= 4 is 45.6 Å². The van der Waals surface area contributed by atoms with Crippen LogP contribution in [0.5, 0.6) is 0 Å². The number of nitrogens with one attached hydrogen (secondary N) is 1. The molecular formula is C19H13Cl2NO. The molecule has 1 aliphatic rings. The summed E-state index contributed by atoms with van der Waals surface area (Å²) in [7, 11) is 0. The third-order valence-electron chi connectivity index (χ3n) is 4.33. The van der Waals surface area contributed by atoms with Crippen LogP contribution in [-0.2, 0) is 4.79 Å². The molecule has 0 saturated carbocycles. The number of hydrogen-bond donors (Lipinski definition) is 1. The smallest absolute Gasteiger partial charge is 0.225 e. The predicted molar refractivity (Wildman–Crippen MR) is 95.5 cm³/mol. The minimum Gasteiger partial charge on any atom is -0.325 e. The highest BCUT2D eigenvalue weighted by Crippen LogP contribution is 2.43. The van der Waals surface area contributed by atoms with Crippen LogP contribution >= 0.6 is 23.2 Å². The van der Waals surface area contributed by atoms with Gasteiger partial charge in [0.1, 0.15) is 0 Å². The molecule has 1 aliphatic heterocycles.